The van der Waals surface area contributed by atoms with E-state index >= 15 is 4.79 Å². The van der Waals surface area contributed by atoms with Crippen molar-refractivity contribution < 1.29 is 23.8 Å². The predicted molar refractivity (Wildman–Crippen MR) is 162 cm³/mol. The van der Waals surface area contributed by atoms with E-state index in [1.54, 1.807) is 42.5 Å². The van der Waals surface area contributed by atoms with Crippen LogP contribution in [0.4, 0.5) is 10.1 Å². The molecule has 3 aromatic carbocycles. The maximum atomic E-state index is 15.0. The number of halogens is 2. The molecule has 0 unspecified atom stereocenters. The number of benzene rings is 3. The van der Waals surface area contributed by atoms with Crippen molar-refractivity contribution in [2.75, 3.05) is 12.5 Å². The molecule has 2 fully saturated rings. The van der Waals surface area contributed by atoms with E-state index in [1.165, 1.54) is 53.9 Å². The lowest BCUT2D eigenvalue weighted by atomic mass is 9.53. The number of hydrogen-bond donors (Lipinski definition) is 2. The molecule has 0 radical (unpaired) electrons. The number of amides is 2. The highest BCUT2D eigenvalue weighted by Crippen LogP contribution is 2.64. The Morgan fingerprint density at radius 1 is 1.00 bits per heavy atom. The zero-order valence-electron chi connectivity index (χ0n) is 24.1. The van der Waals surface area contributed by atoms with Gasteiger partial charge in [0.1, 0.15) is 17.3 Å². The molecule has 230 valence electrons. The normalized spacial score (nSPS) is 23.7. The minimum absolute atomic E-state index is 0.0175. The third-order valence-corrected chi connectivity index (χ3v) is 9.51. The molecule has 1 aromatic heterocycles. The number of carbonyl (C=O) groups is 2. The minimum atomic E-state index is -1.66. The number of nitrogens with one attached hydrogen (secondary N) is 1. The number of anilines is 1. The first-order chi connectivity index (χ1) is 21.6. The Balaban J connectivity index is 1.54. The third kappa shape index (κ3) is 3.94. The van der Waals surface area contributed by atoms with Crippen LogP contribution in [0.25, 0.3) is 0 Å². The zero-order chi connectivity index (χ0) is 31.8. The lowest BCUT2D eigenvalue weighted by Crippen LogP contribution is -2.53. The smallest absolute Gasteiger partial charge is 0.347 e. The van der Waals surface area contributed by atoms with E-state index in [0.717, 1.165) is 9.58 Å². The summed E-state index contributed by atoms with van der Waals surface area (Å²) in [6, 6.07) is 15.7. The van der Waals surface area contributed by atoms with E-state index < -0.39 is 52.3 Å². The number of rotatable bonds is 5. The van der Waals surface area contributed by atoms with Gasteiger partial charge in [-0.1, -0.05) is 35.9 Å². The molecule has 2 amide bonds. The van der Waals surface area contributed by atoms with Crippen LogP contribution in [0.5, 0.6) is 11.5 Å². The number of methoxy groups -OCH3 is 1. The molecule has 3 aliphatic rings. The summed E-state index contributed by atoms with van der Waals surface area (Å²) < 4.78 is 23.1. The first kappa shape index (κ1) is 28.7. The van der Waals surface area contributed by atoms with Crippen LogP contribution in [-0.2, 0) is 28.6 Å². The number of allylic oxidation sites excluding steroid dienone is 2. The number of hydrazine groups is 1. The summed E-state index contributed by atoms with van der Waals surface area (Å²) in [5, 5.41) is 12.8. The Labute approximate surface area is 260 Å². The largest absolute Gasteiger partial charge is 0.508 e. The van der Waals surface area contributed by atoms with Crippen LogP contribution >= 0.6 is 11.6 Å². The zero-order valence-corrected chi connectivity index (χ0v) is 24.9. The molecule has 11 nitrogen and oxygen atoms in total. The molecule has 45 heavy (non-hydrogen) atoms. The second-order valence-corrected chi connectivity index (χ2v) is 11.8. The molecule has 1 saturated heterocycles. The van der Waals surface area contributed by atoms with Crippen LogP contribution < -0.4 is 21.5 Å². The van der Waals surface area contributed by atoms with Gasteiger partial charge in [0.25, 0.3) is 11.8 Å². The second kappa shape index (κ2) is 10.2. The van der Waals surface area contributed by atoms with Gasteiger partial charge >= 0.3 is 11.4 Å². The summed E-state index contributed by atoms with van der Waals surface area (Å²) in [5.74, 6) is -3.75. The van der Waals surface area contributed by atoms with Crippen molar-refractivity contribution in [3.63, 3.8) is 0 Å². The standard InChI is InChI=1S/C32H27ClFN5O6/c1-36-30(43)37-15-14-21-23(39(37)31(36)44)16-22-28(41)38(35-20-12-10-19(34)11-13-20)29(42)32(22,17-6-8-18(33)9-7-17)27(21)26-24(40)4-3-5-25(26)45-2/h3-14,22-23,27,35,40H,15-16H2,1-2H3/t22-,23+,27+,32+/m0/s1. The summed E-state index contributed by atoms with van der Waals surface area (Å²) >= 11 is 6.28. The van der Waals surface area contributed by atoms with Gasteiger partial charge < -0.3 is 9.84 Å². The molecule has 0 spiro atoms. The summed E-state index contributed by atoms with van der Waals surface area (Å²) in [6.07, 6.45) is 1.76. The van der Waals surface area contributed by atoms with Crippen molar-refractivity contribution in [1.29, 1.82) is 0 Å². The average Bonchev–Trinajstić information content (AvgIpc) is 3.39. The van der Waals surface area contributed by atoms with Crippen molar-refractivity contribution in [3.05, 3.63) is 121 Å². The number of nitrogens with zero attached hydrogens (tertiary/aromatic N) is 4. The Morgan fingerprint density at radius 2 is 1.71 bits per heavy atom. The van der Waals surface area contributed by atoms with E-state index in [2.05, 4.69) is 5.43 Å². The number of aromatic hydroxyl groups is 1. The van der Waals surface area contributed by atoms with Gasteiger partial charge in [-0.2, -0.15) is 5.01 Å². The van der Waals surface area contributed by atoms with Gasteiger partial charge in [0.15, 0.2) is 0 Å². The van der Waals surface area contributed by atoms with E-state index in [9.17, 15) is 23.9 Å². The van der Waals surface area contributed by atoms with Gasteiger partial charge in [-0.25, -0.2) is 27.9 Å². The fourth-order valence-electron chi connectivity index (χ4n) is 7.34. The molecule has 1 saturated carbocycles. The topological polar surface area (TPSA) is 128 Å². The van der Waals surface area contributed by atoms with E-state index in [-0.39, 0.29) is 30.0 Å². The van der Waals surface area contributed by atoms with Crippen molar-refractivity contribution in [2.24, 2.45) is 13.0 Å². The van der Waals surface area contributed by atoms with Crippen LogP contribution in [0, 0.1) is 11.7 Å². The molecule has 4 atom stereocenters. The number of fused-ring (bicyclic) bond motifs is 4. The number of aromatic nitrogens is 3. The van der Waals surface area contributed by atoms with Gasteiger partial charge in [-0.3, -0.25) is 15.0 Å². The first-order valence-corrected chi connectivity index (χ1v) is 14.6. The first-order valence-electron chi connectivity index (χ1n) is 14.2. The highest BCUT2D eigenvalue weighted by atomic mass is 35.5. The quantitative estimate of drug-likeness (QED) is 0.255. The Hall–Kier alpha value is -5.10. The minimum Gasteiger partial charge on any atom is -0.508 e. The maximum Gasteiger partial charge on any atom is 0.347 e. The molecule has 0 bridgehead atoms. The van der Waals surface area contributed by atoms with Crippen molar-refractivity contribution in [2.45, 2.75) is 30.3 Å². The highest BCUT2D eigenvalue weighted by molar-refractivity contribution is 6.30. The van der Waals surface area contributed by atoms with Crippen LogP contribution in [0.1, 0.15) is 29.5 Å². The predicted octanol–water partition coefficient (Wildman–Crippen LogP) is 3.47. The molecule has 13 heteroatoms. The number of phenols is 1. The van der Waals surface area contributed by atoms with Crippen LogP contribution in [0.15, 0.2) is 88.0 Å². The van der Waals surface area contributed by atoms with Crippen LogP contribution in [0.2, 0.25) is 5.02 Å². The van der Waals surface area contributed by atoms with Crippen LogP contribution in [0.3, 0.4) is 0 Å². The third-order valence-electron chi connectivity index (χ3n) is 9.26. The molecule has 1 aliphatic carbocycles. The molecule has 3 heterocycles. The number of phenolic OH excluding ortho intramolecular Hbond substituents is 1. The number of carbonyl (C=O) groups excluding carboxylic acids is 2. The van der Waals surface area contributed by atoms with Gasteiger partial charge in [0.2, 0.25) is 0 Å². The fraction of sp³-hybridized carbons (Fsp3) is 0.250. The van der Waals surface area contributed by atoms with Gasteiger partial charge in [-0.15, -0.1) is 0 Å². The molecule has 4 aromatic rings. The summed E-state index contributed by atoms with van der Waals surface area (Å²) in [6.45, 7) is 0.0220. The highest BCUT2D eigenvalue weighted by Gasteiger charge is 2.69. The summed E-state index contributed by atoms with van der Waals surface area (Å²) in [7, 11) is 2.81. The second-order valence-electron chi connectivity index (χ2n) is 11.4. The van der Waals surface area contributed by atoms with Crippen molar-refractivity contribution >= 4 is 29.1 Å². The Bertz CT molecular complexity index is 2030. The van der Waals surface area contributed by atoms with E-state index in [1.807, 2.05) is 0 Å². The summed E-state index contributed by atoms with van der Waals surface area (Å²) in [4.78, 5) is 56.0. The fourth-order valence-corrected chi connectivity index (χ4v) is 7.47. The number of ether oxygens (including phenoxy) is 1. The van der Waals surface area contributed by atoms with Gasteiger partial charge in [-0.05, 0) is 66.1 Å². The molecular formula is C32H27ClFN5O6. The average molecular weight is 632 g/mol. The molecule has 2 aliphatic heterocycles. The molecule has 2 N–H and O–H groups in total. The summed E-state index contributed by atoms with van der Waals surface area (Å²) in [5.41, 5.74) is 1.69. The molecule has 7 rings (SSSR count). The van der Waals surface area contributed by atoms with E-state index in [0.29, 0.717) is 21.8 Å². The van der Waals surface area contributed by atoms with Gasteiger partial charge in [0.05, 0.1) is 36.7 Å². The van der Waals surface area contributed by atoms with Gasteiger partial charge in [0, 0.05) is 23.6 Å². The Kier molecular flexibility index (Phi) is 6.52. The monoisotopic (exact) mass is 631 g/mol. The van der Waals surface area contributed by atoms with Crippen molar-refractivity contribution in [3.8, 4) is 11.5 Å². The number of imide groups is 1. The number of hydrogen-bond acceptors (Lipinski definition) is 7. The Morgan fingerprint density at radius 3 is 2.40 bits per heavy atom. The lowest BCUT2D eigenvalue weighted by Gasteiger charge is -2.49. The van der Waals surface area contributed by atoms with Crippen molar-refractivity contribution in [1.82, 2.24) is 18.9 Å². The SMILES string of the molecule is COc1cccc(O)c1[C@H]1C2=CCn3c(=O)n(C)c(=O)n3[C@@H]2C[C@H]2C(=O)N(Nc3ccc(F)cc3)C(=O)[C@@]12c1ccc(Cl)cc1. The molecular weight excluding hydrogens is 605 g/mol. The van der Waals surface area contributed by atoms with Crippen LogP contribution in [-0.4, -0.2) is 43.0 Å². The lowest BCUT2D eigenvalue weighted by molar-refractivity contribution is -0.138. The maximum absolute atomic E-state index is 15.0. The van der Waals surface area contributed by atoms with E-state index in [4.69, 9.17) is 16.3 Å².